The molecule has 0 saturated carbocycles. The van der Waals surface area contributed by atoms with Gasteiger partial charge in [-0.05, 0) is 32.1 Å². The maximum atomic E-state index is 11.5. The molecule has 0 spiro atoms. The summed E-state index contributed by atoms with van der Waals surface area (Å²) in [5, 5.41) is 13.4. The number of hydrogen-bond donors (Lipinski definition) is 3. The lowest BCUT2D eigenvalue weighted by molar-refractivity contribution is -0.164. The van der Waals surface area contributed by atoms with Gasteiger partial charge in [-0.15, -0.1) is 0 Å². The van der Waals surface area contributed by atoms with Crippen molar-refractivity contribution < 1.29 is 38.5 Å². The average Bonchev–Trinajstić information content (AvgIpc) is 2.68. The van der Waals surface area contributed by atoms with Crippen LogP contribution < -0.4 is 10.6 Å². The number of unbranched alkanes of at least 4 members (excludes halogenated alkanes) is 6. The highest BCUT2D eigenvalue weighted by Crippen LogP contribution is 2.03. The topological polar surface area (TPSA) is 140 Å². The van der Waals surface area contributed by atoms with Crippen LogP contribution in [0.25, 0.3) is 0 Å². The molecular formula is C19H32N2O8. The van der Waals surface area contributed by atoms with Gasteiger partial charge in [0, 0.05) is 25.6 Å². The first-order valence-corrected chi connectivity index (χ1v) is 9.78. The molecule has 0 unspecified atom stereocenters. The van der Waals surface area contributed by atoms with Crippen molar-refractivity contribution in [1.29, 1.82) is 0 Å². The smallest absolute Gasteiger partial charge is 0.407 e. The van der Waals surface area contributed by atoms with Gasteiger partial charge in [0.25, 0.3) is 0 Å². The van der Waals surface area contributed by atoms with E-state index in [9.17, 15) is 19.2 Å². The first kappa shape index (κ1) is 26.2. The number of ether oxygens (including phenoxy) is 3. The Morgan fingerprint density at radius 2 is 1.41 bits per heavy atom. The van der Waals surface area contributed by atoms with Crippen LogP contribution >= 0.6 is 0 Å². The molecule has 166 valence electrons. The Kier molecular flexibility index (Phi) is 16.8. The van der Waals surface area contributed by atoms with Crippen LogP contribution in [0.5, 0.6) is 0 Å². The van der Waals surface area contributed by atoms with E-state index in [1.807, 2.05) is 0 Å². The molecule has 0 heterocycles. The van der Waals surface area contributed by atoms with Gasteiger partial charge in [-0.1, -0.05) is 25.8 Å². The Balaban J connectivity index is 3.35. The van der Waals surface area contributed by atoms with E-state index in [1.54, 1.807) is 0 Å². The van der Waals surface area contributed by atoms with Gasteiger partial charge < -0.3 is 30.0 Å². The number of esters is 2. The molecule has 0 fully saturated rings. The van der Waals surface area contributed by atoms with Gasteiger partial charge in [-0.25, -0.2) is 14.4 Å². The van der Waals surface area contributed by atoms with Crippen molar-refractivity contribution in [3.63, 3.8) is 0 Å². The number of alkyl carbamates (subject to hydrolysis) is 1. The van der Waals surface area contributed by atoms with Crippen molar-refractivity contribution in [3.8, 4) is 0 Å². The predicted octanol–water partition coefficient (Wildman–Crippen LogP) is 2.72. The number of nitrogens with one attached hydrogen (secondary N) is 2. The Hall–Kier alpha value is -2.78. The van der Waals surface area contributed by atoms with Gasteiger partial charge in [-0.3, -0.25) is 4.79 Å². The van der Waals surface area contributed by atoms with E-state index in [4.69, 9.17) is 14.6 Å². The predicted molar refractivity (Wildman–Crippen MR) is 104 cm³/mol. The molecule has 0 rings (SSSR count). The van der Waals surface area contributed by atoms with Gasteiger partial charge in [-0.2, -0.15) is 0 Å². The monoisotopic (exact) mass is 416 g/mol. The molecule has 3 N–H and O–H groups in total. The zero-order valence-electron chi connectivity index (χ0n) is 16.8. The minimum atomic E-state index is -1.00. The van der Waals surface area contributed by atoms with Crippen molar-refractivity contribution in [1.82, 2.24) is 10.6 Å². The van der Waals surface area contributed by atoms with E-state index in [-0.39, 0.29) is 13.0 Å². The van der Waals surface area contributed by atoms with Crippen LogP contribution in [0, 0.1) is 0 Å². The van der Waals surface area contributed by atoms with Crippen LogP contribution in [0.4, 0.5) is 9.59 Å². The molecule has 10 heteroatoms. The van der Waals surface area contributed by atoms with Crippen molar-refractivity contribution in [2.75, 3.05) is 26.5 Å². The summed E-state index contributed by atoms with van der Waals surface area (Å²) in [5.74, 6) is -1.11. The van der Waals surface area contributed by atoms with Crippen LogP contribution in [0.15, 0.2) is 12.7 Å². The highest BCUT2D eigenvalue weighted by molar-refractivity contribution is 5.81. The summed E-state index contributed by atoms with van der Waals surface area (Å²) < 4.78 is 14.3. The maximum absolute atomic E-state index is 11.5. The zero-order chi connectivity index (χ0) is 21.7. The lowest BCUT2D eigenvalue weighted by Crippen LogP contribution is -2.25. The second-order valence-electron chi connectivity index (χ2n) is 6.17. The molecule has 0 atom stereocenters. The van der Waals surface area contributed by atoms with Crippen molar-refractivity contribution >= 4 is 24.1 Å². The summed E-state index contributed by atoms with van der Waals surface area (Å²) in [6, 6.07) is 0. The number of carbonyl (C=O) groups excluding carboxylic acids is 3. The molecule has 0 aliphatic heterocycles. The quantitative estimate of drug-likeness (QED) is 0.142. The summed E-state index contributed by atoms with van der Waals surface area (Å²) in [5.41, 5.74) is 0. The summed E-state index contributed by atoms with van der Waals surface area (Å²) in [6.07, 6.45) is 6.17. The molecule has 0 aliphatic carbocycles. The van der Waals surface area contributed by atoms with Gasteiger partial charge in [0.15, 0.2) is 0 Å². The molecule has 0 saturated heterocycles. The minimum Gasteiger partial charge on any atom is -0.465 e. The summed E-state index contributed by atoms with van der Waals surface area (Å²) >= 11 is 0. The summed E-state index contributed by atoms with van der Waals surface area (Å²) in [6.45, 7) is 4.07. The Morgan fingerprint density at radius 1 is 0.793 bits per heavy atom. The van der Waals surface area contributed by atoms with Crippen LogP contribution in [-0.2, 0) is 23.8 Å². The second-order valence-corrected chi connectivity index (χ2v) is 6.17. The van der Waals surface area contributed by atoms with Gasteiger partial charge in [0.05, 0.1) is 6.61 Å². The van der Waals surface area contributed by atoms with E-state index >= 15 is 0 Å². The number of amides is 2. The van der Waals surface area contributed by atoms with Gasteiger partial charge >= 0.3 is 24.1 Å². The van der Waals surface area contributed by atoms with Crippen LogP contribution in [0.1, 0.15) is 57.8 Å². The first-order valence-electron chi connectivity index (χ1n) is 9.78. The second kappa shape index (κ2) is 18.6. The van der Waals surface area contributed by atoms with Crippen LogP contribution in [-0.4, -0.2) is 55.7 Å². The zero-order valence-corrected chi connectivity index (χ0v) is 16.8. The van der Waals surface area contributed by atoms with Crippen molar-refractivity contribution in [2.45, 2.75) is 57.8 Å². The van der Waals surface area contributed by atoms with Gasteiger partial charge in [0.1, 0.15) is 0 Å². The molecule has 0 radical (unpaired) electrons. The average molecular weight is 416 g/mol. The molecule has 0 aliphatic rings. The standard InChI is InChI=1S/C19H32N2O8/c1-2-16(22)28-15-29-17(23)11-7-6-10-14-27-19(26)21-13-9-5-3-4-8-12-20-18(24)25/h2,20H,1,3-15H2,(H,21,26)(H,24,25). The first-order chi connectivity index (χ1) is 14.0. The van der Waals surface area contributed by atoms with E-state index in [2.05, 4.69) is 21.9 Å². The number of carbonyl (C=O) groups is 4. The van der Waals surface area contributed by atoms with Gasteiger partial charge in [0.2, 0.25) is 6.79 Å². The third kappa shape index (κ3) is 19.8. The highest BCUT2D eigenvalue weighted by Gasteiger charge is 2.05. The van der Waals surface area contributed by atoms with E-state index < -0.39 is 30.9 Å². The van der Waals surface area contributed by atoms with E-state index in [0.29, 0.717) is 32.4 Å². The third-order valence-electron chi connectivity index (χ3n) is 3.75. The fourth-order valence-corrected chi connectivity index (χ4v) is 2.21. The third-order valence-corrected chi connectivity index (χ3v) is 3.75. The molecule has 0 aromatic rings. The lowest BCUT2D eigenvalue weighted by atomic mass is 10.1. The van der Waals surface area contributed by atoms with Crippen molar-refractivity contribution in [3.05, 3.63) is 12.7 Å². The molecule has 0 bridgehead atoms. The maximum Gasteiger partial charge on any atom is 0.407 e. The number of hydrogen-bond acceptors (Lipinski definition) is 7. The number of rotatable bonds is 17. The molecular weight excluding hydrogens is 384 g/mol. The SMILES string of the molecule is C=CC(=O)OCOC(=O)CCCCCOC(=O)NCCCCCCCNC(=O)O. The summed E-state index contributed by atoms with van der Waals surface area (Å²) in [7, 11) is 0. The molecule has 29 heavy (non-hydrogen) atoms. The summed E-state index contributed by atoms with van der Waals surface area (Å²) in [4.78, 5) is 43.9. The molecule has 10 nitrogen and oxygen atoms in total. The Bertz CT molecular complexity index is 510. The molecule has 0 aromatic carbocycles. The van der Waals surface area contributed by atoms with E-state index in [1.165, 1.54) is 0 Å². The van der Waals surface area contributed by atoms with Crippen LogP contribution in [0.3, 0.4) is 0 Å². The molecule has 0 aromatic heterocycles. The van der Waals surface area contributed by atoms with Crippen LogP contribution in [0.2, 0.25) is 0 Å². The number of carboxylic acid groups (broad SMARTS) is 1. The fraction of sp³-hybridized carbons (Fsp3) is 0.684. The Labute approximate surface area is 170 Å². The highest BCUT2D eigenvalue weighted by atomic mass is 16.7. The van der Waals surface area contributed by atoms with Crippen molar-refractivity contribution in [2.24, 2.45) is 0 Å². The van der Waals surface area contributed by atoms with E-state index in [0.717, 1.165) is 38.2 Å². The Morgan fingerprint density at radius 3 is 2.07 bits per heavy atom. The molecule has 2 amide bonds. The fourth-order valence-electron chi connectivity index (χ4n) is 2.21. The lowest BCUT2D eigenvalue weighted by Gasteiger charge is -2.07. The minimum absolute atomic E-state index is 0.199. The largest absolute Gasteiger partial charge is 0.465 e. The normalized spacial score (nSPS) is 9.93.